The van der Waals surface area contributed by atoms with Crippen LogP contribution >= 0.6 is 11.3 Å². The summed E-state index contributed by atoms with van der Waals surface area (Å²) in [4.78, 5) is 18.7. The molecule has 0 N–H and O–H groups in total. The fraction of sp³-hybridized carbons (Fsp3) is 0.737. The molecule has 0 aliphatic carbocycles. The summed E-state index contributed by atoms with van der Waals surface area (Å²) in [5.41, 5.74) is 0. The zero-order valence-corrected chi connectivity index (χ0v) is 15.6. The highest BCUT2D eigenvalue weighted by Gasteiger charge is 2.28. The van der Waals surface area contributed by atoms with Gasteiger partial charge in [0.25, 0.3) is 0 Å². The van der Waals surface area contributed by atoms with E-state index in [0.717, 1.165) is 51.9 Å². The van der Waals surface area contributed by atoms with Crippen molar-refractivity contribution >= 4 is 17.2 Å². The van der Waals surface area contributed by atoms with Crippen molar-refractivity contribution in [3.05, 3.63) is 22.4 Å². The van der Waals surface area contributed by atoms with Gasteiger partial charge in [-0.05, 0) is 50.0 Å². The summed E-state index contributed by atoms with van der Waals surface area (Å²) in [5, 5.41) is 2.11. The Labute approximate surface area is 149 Å². The molecular weight excluding hydrogens is 320 g/mol. The normalized spacial score (nSPS) is 24.7. The van der Waals surface area contributed by atoms with Gasteiger partial charge in [0.2, 0.25) is 5.91 Å². The minimum atomic E-state index is 0.293. The molecule has 0 bridgehead atoms. The number of nitrogens with zero attached hydrogens (tertiary/aromatic N) is 2. The molecular formula is C19H30N2O2S. The van der Waals surface area contributed by atoms with Gasteiger partial charge in [-0.1, -0.05) is 13.0 Å². The van der Waals surface area contributed by atoms with Crippen LogP contribution in [0.4, 0.5) is 0 Å². The third-order valence-corrected chi connectivity index (χ3v) is 6.08. The first-order valence-corrected chi connectivity index (χ1v) is 10.3. The van der Waals surface area contributed by atoms with Crippen LogP contribution in [0.3, 0.4) is 0 Å². The van der Waals surface area contributed by atoms with E-state index in [0.29, 0.717) is 24.6 Å². The molecule has 2 unspecified atom stereocenters. The predicted molar refractivity (Wildman–Crippen MR) is 98.2 cm³/mol. The fourth-order valence-corrected chi connectivity index (χ4v) is 4.67. The summed E-state index contributed by atoms with van der Waals surface area (Å²) < 4.78 is 5.81. The Balaban J connectivity index is 1.61. The van der Waals surface area contributed by atoms with E-state index in [1.807, 2.05) is 0 Å². The molecule has 5 heteroatoms. The second-order valence-electron chi connectivity index (χ2n) is 7.03. The molecule has 1 aromatic rings. The van der Waals surface area contributed by atoms with Crippen molar-refractivity contribution in [2.45, 2.75) is 64.1 Å². The van der Waals surface area contributed by atoms with E-state index in [2.05, 4.69) is 34.2 Å². The molecule has 24 heavy (non-hydrogen) atoms. The van der Waals surface area contributed by atoms with Crippen LogP contribution in [-0.2, 0) is 16.1 Å². The van der Waals surface area contributed by atoms with Crippen molar-refractivity contribution < 1.29 is 9.53 Å². The SMILES string of the molecule is CCC1CCCCN1C(=O)CN(Cc1cccs1)CC1CCCO1. The molecule has 1 amide bonds. The molecule has 0 radical (unpaired) electrons. The highest BCUT2D eigenvalue weighted by Crippen LogP contribution is 2.21. The average Bonchev–Trinajstić information content (AvgIpc) is 3.28. The van der Waals surface area contributed by atoms with E-state index < -0.39 is 0 Å². The molecule has 3 rings (SSSR count). The zero-order valence-electron chi connectivity index (χ0n) is 14.8. The molecule has 4 nitrogen and oxygen atoms in total. The average molecular weight is 351 g/mol. The zero-order chi connectivity index (χ0) is 16.8. The van der Waals surface area contributed by atoms with Crippen LogP contribution in [0.5, 0.6) is 0 Å². The van der Waals surface area contributed by atoms with E-state index in [4.69, 9.17) is 4.74 Å². The van der Waals surface area contributed by atoms with Gasteiger partial charge in [0.15, 0.2) is 0 Å². The van der Waals surface area contributed by atoms with Crippen molar-refractivity contribution in [2.24, 2.45) is 0 Å². The molecule has 2 aliphatic rings. The first-order chi connectivity index (χ1) is 11.8. The van der Waals surface area contributed by atoms with Gasteiger partial charge in [-0.2, -0.15) is 0 Å². The van der Waals surface area contributed by atoms with Crippen LogP contribution in [0.25, 0.3) is 0 Å². The van der Waals surface area contributed by atoms with E-state index >= 15 is 0 Å². The molecule has 2 atom stereocenters. The quantitative estimate of drug-likeness (QED) is 0.754. The van der Waals surface area contributed by atoms with Crippen LogP contribution in [0.15, 0.2) is 17.5 Å². The van der Waals surface area contributed by atoms with Crippen molar-refractivity contribution in [3.63, 3.8) is 0 Å². The summed E-state index contributed by atoms with van der Waals surface area (Å²) in [7, 11) is 0. The second-order valence-corrected chi connectivity index (χ2v) is 8.06. The van der Waals surface area contributed by atoms with Gasteiger partial charge in [-0.3, -0.25) is 9.69 Å². The number of carbonyl (C=O) groups excluding carboxylic acids is 1. The van der Waals surface area contributed by atoms with E-state index in [9.17, 15) is 4.79 Å². The number of piperidine rings is 1. The number of amides is 1. The van der Waals surface area contributed by atoms with Gasteiger partial charge < -0.3 is 9.64 Å². The minimum Gasteiger partial charge on any atom is -0.377 e. The number of ether oxygens (including phenoxy) is 1. The van der Waals surface area contributed by atoms with Crippen molar-refractivity contribution in [1.82, 2.24) is 9.80 Å². The Morgan fingerprint density at radius 2 is 2.29 bits per heavy atom. The van der Waals surface area contributed by atoms with Gasteiger partial charge in [0.05, 0.1) is 12.6 Å². The second kappa shape index (κ2) is 8.97. The molecule has 2 fully saturated rings. The first kappa shape index (κ1) is 17.9. The standard InChI is InChI=1S/C19H30N2O2S/c1-2-16-7-3-4-10-21(16)19(22)15-20(13-17-8-5-11-23-17)14-18-9-6-12-24-18/h6,9,12,16-17H,2-5,7-8,10-11,13-15H2,1H3. The monoisotopic (exact) mass is 350 g/mol. The molecule has 0 spiro atoms. The van der Waals surface area contributed by atoms with Crippen molar-refractivity contribution in [3.8, 4) is 0 Å². The van der Waals surface area contributed by atoms with Crippen LogP contribution in [0.1, 0.15) is 50.3 Å². The largest absolute Gasteiger partial charge is 0.377 e. The summed E-state index contributed by atoms with van der Waals surface area (Å²) in [6.45, 7) is 6.25. The van der Waals surface area contributed by atoms with Gasteiger partial charge in [-0.15, -0.1) is 11.3 Å². The summed E-state index contributed by atoms with van der Waals surface area (Å²) in [6, 6.07) is 4.69. The van der Waals surface area contributed by atoms with Crippen LogP contribution < -0.4 is 0 Å². The third kappa shape index (κ3) is 4.80. The van der Waals surface area contributed by atoms with Crippen molar-refractivity contribution in [2.75, 3.05) is 26.2 Å². The lowest BCUT2D eigenvalue weighted by atomic mass is 10.00. The Kier molecular flexibility index (Phi) is 6.69. The summed E-state index contributed by atoms with van der Waals surface area (Å²) in [5.74, 6) is 0.302. The lowest BCUT2D eigenvalue weighted by Crippen LogP contribution is -2.48. The Bertz CT molecular complexity index is 499. The number of hydrogen-bond acceptors (Lipinski definition) is 4. The Hall–Kier alpha value is -0.910. The third-order valence-electron chi connectivity index (χ3n) is 5.22. The smallest absolute Gasteiger partial charge is 0.237 e. The van der Waals surface area contributed by atoms with Gasteiger partial charge in [0, 0.05) is 37.2 Å². The number of likely N-dealkylation sites (tertiary alicyclic amines) is 1. The minimum absolute atomic E-state index is 0.293. The topological polar surface area (TPSA) is 32.8 Å². The van der Waals surface area contributed by atoms with Gasteiger partial charge >= 0.3 is 0 Å². The van der Waals surface area contributed by atoms with E-state index in [1.54, 1.807) is 11.3 Å². The van der Waals surface area contributed by atoms with Crippen LogP contribution in [0.2, 0.25) is 0 Å². The highest BCUT2D eigenvalue weighted by molar-refractivity contribution is 7.09. The van der Waals surface area contributed by atoms with Crippen molar-refractivity contribution in [1.29, 1.82) is 0 Å². The maximum Gasteiger partial charge on any atom is 0.237 e. The molecule has 0 saturated carbocycles. The molecule has 2 aliphatic heterocycles. The number of rotatable bonds is 7. The van der Waals surface area contributed by atoms with Crippen LogP contribution in [0, 0.1) is 0 Å². The molecule has 0 aromatic carbocycles. The van der Waals surface area contributed by atoms with E-state index in [1.165, 1.54) is 17.7 Å². The number of thiophene rings is 1. The lowest BCUT2D eigenvalue weighted by Gasteiger charge is -2.37. The lowest BCUT2D eigenvalue weighted by molar-refractivity contribution is -0.136. The molecule has 3 heterocycles. The molecule has 1 aromatic heterocycles. The summed E-state index contributed by atoms with van der Waals surface area (Å²) in [6.07, 6.45) is 7.21. The van der Waals surface area contributed by atoms with Gasteiger partial charge in [0.1, 0.15) is 0 Å². The molecule has 134 valence electrons. The van der Waals surface area contributed by atoms with E-state index in [-0.39, 0.29) is 0 Å². The fourth-order valence-electron chi connectivity index (χ4n) is 3.92. The predicted octanol–water partition coefficient (Wildman–Crippen LogP) is 3.52. The Morgan fingerprint density at radius 3 is 3.00 bits per heavy atom. The maximum atomic E-state index is 12.9. The summed E-state index contributed by atoms with van der Waals surface area (Å²) >= 11 is 1.77. The van der Waals surface area contributed by atoms with Crippen LogP contribution in [-0.4, -0.2) is 54.1 Å². The number of carbonyl (C=O) groups is 1. The van der Waals surface area contributed by atoms with Gasteiger partial charge in [-0.25, -0.2) is 0 Å². The first-order valence-electron chi connectivity index (χ1n) is 9.42. The highest BCUT2D eigenvalue weighted by atomic mass is 32.1. The Morgan fingerprint density at radius 1 is 1.38 bits per heavy atom. The molecule has 2 saturated heterocycles. The maximum absolute atomic E-state index is 12.9. The number of hydrogen-bond donors (Lipinski definition) is 0.